The van der Waals surface area contributed by atoms with Crippen LogP contribution in [0.2, 0.25) is 0 Å². The summed E-state index contributed by atoms with van der Waals surface area (Å²) in [6.45, 7) is 9.59. The van der Waals surface area contributed by atoms with Gasteiger partial charge >= 0.3 is 0 Å². The number of ether oxygens (including phenoxy) is 1. The van der Waals surface area contributed by atoms with Gasteiger partial charge in [0, 0.05) is 18.4 Å². The minimum absolute atomic E-state index is 0.0526. The Hall–Kier alpha value is -0.0800. The Kier molecular flexibility index (Phi) is 4.60. The highest BCUT2D eigenvalue weighted by Crippen LogP contribution is 2.48. The van der Waals surface area contributed by atoms with Crippen molar-refractivity contribution < 1.29 is 9.84 Å². The van der Waals surface area contributed by atoms with Gasteiger partial charge < -0.3 is 9.84 Å². The van der Waals surface area contributed by atoms with Gasteiger partial charge in [-0.15, -0.1) is 0 Å². The summed E-state index contributed by atoms with van der Waals surface area (Å²) in [6.07, 6.45) is 4.15. The number of rotatable bonds is 6. The maximum Gasteiger partial charge on any atom is 0.0680 e. The molecular formula is C13H26O2. The zero-order chi connectivity index (χ0) is 11.5. The van der Waals surface area contributed by atoms with Crippen molar-refractivity contribution in [2.75, 3.05) is 6.61 Å². The lowest BCUT2D eigenvalue weighted by atomic mass is 9.60. The van der Waals surface area contributed by atoms with Gasteiger partial charge in [0.1, 0.15) is 0 Å². The molecule has 0 bridgehead atoms. The van der Waals surface area contributed by atoms with Crippen LogP contribution in [0.15, 0.2) is 0 Å². The van der Waals surface area contributed by atoms with E-state index in [0.29, 0.717) is 12.0 Å². The Balaban J connectivity index is 2.36. The number of aliphatic hydroxyl groups is 1. The van der Waals surface area contributed by atoms with E-state index >= 15 is 0 Å². The lowest BCUT2D eigenvalue weighted by Gasteiger charge is -2.52. The molecule has 1 aliphatic rings. The van der Waals surface area contributed by atoms with Crippen LogP contribution >= 0.6 is 0 Å². The van der Waals surface area contributed by atoms with Crippen molar-refractivity contribution in [2.24, 2.45) is 11.3 Å². The third-order valence-electron chi connectivity index (χ3n) is 4.07. The van der Waals surface area contributed by atoms with E-state index in [4.69, 9.17) is 4.74 Å². The zero-order valence-electron chi connectivity index (χ0n) is 10.6. The Morgan fingerprint density at radius 1 is 1.33 bits per heavy atom. The number of hydrogen-bond acceptors (Lipinski definition) is 2. The quantitative estimate of drug-likeness (QED) is 0.736. The first kappa shape index (κ1) is 13.0. The molecule has 2 nitrogen and oxygen atoms in total. The lowest BCUT2D eigenvalue weighted by Crippen LogP contribution is -2.57. The van der Waals surface area contributed by atoms with Crippen LogP contribution in [0.1, 0.15) is 53.4 Å². The summed E-state index contributed by atoms with van der Waals surface area (Å²) in [5.74, 6) is 0.702. The fraction of sp³-hybridized carbons (Fsp3) is 1.00. The van der Waals surface area contributed by atoms with Gasteiger partial charge in [-0.05, 0) is 25.2 Å². The summed E-state index contributed by atoms with van der Waals surface area (Å²) in [6, 6.07) is 0. The van der Waals surface area contributed by atoms with Crippen molar-refractivity contribution in [1.82, 2.24) is 0 Å². The molecule has 0 heterocycles. The zero-order valence-corrected chi connectivity index (χ0v) is 10.6. The summed E-state index contributed by atoms with van der Waals surface area (Å²) in [4.78, 5) is 0. The van der Waals surface area contributed by atoms with E-state index in [1.165, 1.54) is 0 Å². The molecule has 2 heteroatoms. The summed E-state index contributed by atoms with van der Waals surface area (Å²) in [7, 11) is 0. The normalized spacial score (nSPS) is 29.2. The van der Waals surface area contributed by atoms with E-state index in [1.54, 1.807) is 0 Å². The number of hydrogen-bond donors (Lipinski definition) is 1. The first-order valence-corrected chi connectivity index (χ1v) is 6.36. The second-order valence-electron chi connectivity index (χ2n) is 5.23. The topological polar surface area (TPSA) is 29.5 Å². The minimum Gasteiger partial charge on any atom is -0.392 e. The second kappa shape index (κ2) is 5.31. The molecule has 1 rings (SSSR count). The molecular weight excluding hydrogens is 188 g/mol. The fourth-order valence-electron chi connectivity index (χ4n) is 2.58. The van der Waals surface area contributed by atoms with Crippen LogP contribution in [0.4, 0.5) is 0 Å². The maximum absolute atomic E-state index is 9.86. The second-order valence-corrected chi connectivity index (χ2v) is 5.23. The van der Waals surface area contributed by atoms with Crippen molar-refractivity contribution in [3.63, 3.8) is 0 Å². The first-order chi connectivity index (χ1) is 7.06. The van der Waals surface area contributed by atoms with E-state index in [1.807, 2.05) is 0 Å². The first-order valence-electron chi connectivity index (χ1n) is 6.36. The van der Waals surface area contributed by atoms with Crippen LogP contribution in [0.25, 0.3) is 0 Å². The molecule has 0 radical (unpaired) electrons. The largest absolute Gasteiger partial charge is 0.392 e. The van der Waals surface area contributed by atoms with Crippen molar-refractivity contribution >= 4 is 0 Å². The summed E-state index contributed by atoms with van der Waals surface area (Å²) in [5, 5.41) is 9.86. The molecule has 0 amide bonds. The lowest BCUT2D eigenvalue weighted by molar-refractivity contribution is -0.196. The van der Waals surface area contributed by atoms with E-state index in [2.05, 4.69) is 27.7 Å². The van der Waals surface area contributed by atoms with Crippen LogP contribution in [0.3, 0.4) is 0 Å². The highest BCUT2D eigenvalue weighted by Gasteiger charge is 2.52. The molecule has 0 saturated heterocycles. The molecule has 1 N–H and O–H groups in total. The smallest absolute Gasteiger partial charge is 0.0680 e. The average molecular weight is 214 g/mol. The molecule has 1 aliphatic carbocycles. The molecule has 0 aromatic rings. The van der Waals surface area contributed by atoms with Crippen molar-refractivity contribution in [3.05, 3.63) is 0 Å². The van der Waals surface area contributed by atoms with E-state index in [0.717, 1.165) is 32.3 Å². The van der Waals surface area contributed by atoms with Gasteiger partial charge in [0.25, 0.3) is 0 Å². The maximum atomic E-state index is 9.86. The van der Waals surface area contributed by atoms with Gasteiger partial charge in [-0.1, -0.05) is 27.7 Å². The van der Waals surface area contributed by atoms with Crippen LogP contribution in [0, 0.1) is 11.3 Å². The molecule has 1 saturated carbocycles. The SMILES string of the molecule is CCC1(CC)C(O)CC1OCCC(C)C. The number of aliphatic hydroxyl groups excluding tert-OH is 1. The van der Waals surface area contributed by atoms with Crippen molar-refractivity contribution in [2.45, 2.75) is 65.6 Å². The summed E-state index contributed by atoms with van der Waals surface area (Å²) >= 11 is 0. The molecule has 2 atom stereocenters. The predicted octanol–water partition coefficient (Wildman–Crippen LogP) is 2.99. The van der Waals surface area contributed by atoms with Gasteiger partial charge in [-0.25, -0.2) is 0 Å². The van der Waals surface area contributed by atoms with Gasteiger partial charge in [0.05, 0.1) is 12.2 Å². The molecule has 1 fully saturated rings. The van der Waals surface area contributed by atoms with Crippen molar-refractivity contribution in [1.29, 1.82) is 0 Å². The monoisotopic (exact) mass is 214 g/mol. The standard InChI is InChI=1S/C13H26O2/c1-5-13(6-2)11(14)9-12(13)15-8-7-10(3)4/h10-12,14H,5-9H2,1-4H3. The third-order valence-corrected chi connectivity index (χ3v) is 4.07. The Labute approximate surface area is 94.0 Å². The molecule has 2 unspecified atom stereocenters. The average Bonchev–Trinajstić information content (AvgIpc) is 2.18. The molecule has 0 aliphatic heterocycles. The van der Waals surface area contributed by atoms with Crippen LogP contribution in [0.5, 0.6) is 0 Å². The van der Waals surface area contributed by atoms with Gasteiger partial charge in [-0.3, -0.25) is 0 Å². The van der Waals surface area contributed by atoms with Crippen LogP contribution in [-0.2, 0) is 4.74 Å². The molecule has 0 aromatic heterocycles. The highest BCUT2D eigenvalue weighted by atomic mass is 16.5. The fourth-order valence-corrected chi connectivity index (χ4v) is 2.58. The predicted molar refractivity (Wildman–Crippen MR) is 62.8 cm³/mol. The van der Waals surface area contributed by atoms with E-state index < -0.39 is 0 Å². The Morgan fingerprint density at radius 2 is 1.93 bits per heavy atom. The van der Waals surface area contributed by atoms with E-state index in [9.17, 15) is 5.11 Å². The van der Waals surface area contributed by atoms with Gasteiger partial charge in [-0.2, -0.15) is 0 Å². The third kappa shape index (κ3) is 2.54. The molecule has 15 heavy (non-hydrogen) atoms. The highest BCUT2D eigenvalue weighted by molar-refractivity contribution is 5.02. The molecule has 90 valence electrons. The summed E-state index contributed by atoms with van der Waals surface area (Å²) < 4.78 is 5.90. The van der Waals surface area contributed by atoms with Crippen molar-refractivity contribution in [3.8, 4) is 0 Å². The molecule has 0 aromatic carbocycles. The Bertz CT molecular complexity index is 185. The minimum atomic E-state index is -0.142. The van der Waals surface area contributed by atoms with Crippen LogP contribution in [-0.4, -0.2) is 23.9 Å². The van der Waals surface area contributed by atoms with E-state index in [-0.39, 0.29) is 11.5 Å². The van der Waals surface area contributed by atoms with Gasteiger partial charge in [0.15, 0.2) is 0 Å². The summed E-state index contributed by atoms with van der Waals surface area (Å²) in [5.41, 5.74) is 0.0526. The molecule has 0 spiro atoms. The Morgan fingerprint density at radius 3 is 2.33 bits per heavy atom. The van der Waals surface area contributed by atoms with Crippen LogP contribution < -0.4 is 0 Å². The van der Waals surface area contributed by atoms with Gasteiger partial charge in [0.2, 0.25) is 0 Å².